The zero-order valence-corrected chi connectivity index (χ0v) is 15.8. The van der Waals surface area contributed by atoms with Crippen molar-refractivity contribution in [3.05, 3.63) is 35.5 Å². The zero-order valence-electron chi connectivity index (χ0n) is 15.0. The first-order chi connectivity index (χ1) is 11.9. The van der Waals surface area contributed by atoms with Crippen molar-refractivity contribution in [2.24, 2.45) is 0 Å². The molecule has 1 aromatic heterocycles. The van der Waals surface area contributed by atoms with Crippen LogP contribution >= 0.6 is 0 Å². The molecule has 1 aromatic carbocycles. The third kappa shape index (κ3) is 4.06. The molecule has 1 N–H and O–H groups in total. The number of benzene rings is 1. The average Bonchev–Trinajstić information content (AvgIpc) is 3.20. The highest BCUT2D eigenvalue weighted by Crippen LogP contribution is 2.25. The van der Waals surface area contributed by atoms with Gasteiger partial charge in [-0.2, -0.15) is 0 Å². The van der Waals surface area contributed by atoms with Gasteiger partial charge in [0.05, 0.1) is 11.3 Å². The Morgan fingerprint density at radius 3 is 2.56 bits per heavy atom. The van der Waals surface area contributed by atoms with Crippen LogP contribution in [0.4, 0.5) is 0 Å². The van der Waals surface area contributed by atoms with Gasteiger partial charge in [0.2, 0.25) is 10.0 Å². The predicted octanol–water partition coefficient (Wildman–Crippen LogP) is 1.62. The third-order valence-electron chi connectivity index (χ3n) is 4.82. The van der Waals surface area contributed by atoms with Gasteiger partial charge in [-0.1, -0.05) is 6.07 Å². The fourth-order valence-corrected chi connectivity index (χ4v) is 5.03. The maximum absolute atomic E-state index is 12.6. The van der Waals surface area contributed by atoms with E-state index in [1.54, 1.807) is 8.87 Å². The van der Waals surface area contributed by atoms with E-state index in [4.69, 9.17) is 0 Å². The van der Waals surface area contributed by atoms with Gasteiger partial charge in [-0.25, -0.2) is 12.7 Å². The molecule has 1 fully saturated rings. The van der Waals surface area contributed by atoms with Crippen LogP contribution in [0.3, 0.4) is 0 Å². The molecular formula is C18H27N3O3S. The van der Waals surface area contributed by atoms with E-state index in [2.05, 4.69) is 4.90 Å². The first-order valence-corrected chi connectivity index (χ1v) is 10.4. The smallest absolute Gasteiger partial charge is 0.218 e. The normalized spacial score (nSPS) is 16.3. The molecule has 2 aromatic rings. The molecule has 0 bridgehead atoms. The number of aliphatic hydroxyl groups is 1. The fourth-order valence-electron chi connectivity index (χ4n) is 3.44. The van der Waals surface area contributed by atoms with Gasteiger partial charge in [0, 0.05) is 31.2 Å². The Morgan fingerprint density at radius 1 is 1.20 bits per heavy atom. The Bertz CT molecular complexity index is 837. The van der Waals surface area contributed by atoms with Gasteiger partial charge < -0.3 is 14.6 Å². The standard InChI is InChI=1S/C18H27N3O3S/c1-19(2)10-7-16-12-20(14-22)18-6-5-15(11-17(16)18)13-25(23,24)21-8-3-4-9-21/h5-6,11-12,22H,3-4,7-10,13-14H2,1-2H3. The molecule has 0 aliphatic carbocycles. The van der Waals surface area contributed by atoms with Gasteiger partial charge in [0.25, 0.3) is 0 Å². The SMILES string of the molecule is CN(C)CCc1cn(CO)c2ccc(CS(=O)(=O)N3CCCC3)cc12. The van der Waals surface area contributed by atoms with Gasteiger partial charge in [-0.15, -0.1) is 0 Å². The lowest BCUT2D eigenvalue weighted by atomic mass is 10.1. The van der Waals surface area contributed by atoms with E-state index in [-0.39, 0.29) is 12.5 Å². The van der Waals surface area contributed by atoms with Gasteiger partial charge in [-0.05, 0) is 56.6 Å². The van der Waals surface area contributed by atoms with Crippen molar-refractivity contribution in [2.75, 3.05) is 33.7 Å². The first kappa shape index (κ1) is 18.4. The number of nitrogens with zero attached hydrogens (tertiary/aromatic N) is 3. The lowest BCUT2D eigenvalue weighted by Crippen LogP contribution is -2.29. The van der Waals surface area contributed by atoms with Crippen molar-refractivity contribution in [1.29, 1.82) is 0 Å². The molecule has 7 heteroatoms. The van der Waals surface area contributed by atoms with E-state index in [1.807, 2.05) is 38.5 Å². The largest absolute Gasteiger partial charge is 0.376 e. The van der Waals surface area contributed by atoms with Crippen LogP contribution in [0.2, 0.25) is 0 Å². The van der Waals surface area contributed by atoms with Gasteiger partial charge in [0.1, 0.15) is 6.73 Å². The molecule has 0 atom stereocenters. The molecule has 1 saturated heterocycles. The van der Waals surface area contributed by atoms with Crippen LogP contribution in [-0.4, -0.2) is 61.0 Å². The van der Waals surface area contributed by atoms with Crippen LogP contribution in [-0.2, 0) is 28.9 Å². The van der Waals surface area contributed by atoms with Crippen LogP contribution in [0.25, 0.3) is 10.9 Å². The van der Waals surface area contributed by atoms with Crippen LogP contribution in [0.5, 0.6) is 0 Å². The van der Waals surface area contributed by atoms with Crippen molar-refractivity contribution in [1.82, 2.24) is 13.8 Å². The highest BCUT2D eigenvalue weighted by Gasteiger charge is 2.25. The molecule has 0 radical (unpaired) electrons. The summed E-state index contributed by atoms with van der Waals surface area (Å²) in [4.78, 5) is 2.11. The second-order valence-electron chi connectivity index (χ2n) is 7.03. The maximum atomic E-state index is 12.6. The highest BCUT2D eigenvalue weighted by molar-refractivity contribution is 7.88. The van der Waals surface area contributed by atoms with E-state index in [0.717, 1.165) is 47.8 Å². The molecule has 3 rings (SSSR count). The summed E-state index contributed by atoms with van der Waals surface area (Å²) < 4.78 is 28.6. The highest BCUT2D eigenvalue weighted by atomic mass is 32.2. The summed E-state index contributed by atoms with van der Waals surface area (Å²) in [6.45, 7) is 2.10. The number of sulfonamides is 1. The molecule has 25 heavy (non-hydrogen) atoms. The number of hydrogen-bond acceptors (Lipinski definition) is 4. The van der Waals surface area contributed by atoms with Gasteiger partial charge >= 0.3 is 0 Å². The monoisotopic (exact) mass is 365 g/mol. The predicted molar refractivity (Wildman–Crippen MR) is 99.8 cm³/mol. The molecule has 0 amide bonds. The molecule has 0 saturated carbocycles. The van der Waals surface area contributed by atoms with Crippen molar-refractivity contribution < 1.29 is 13.5 Å². The minimum absolute atomic E-state index is 0.0420. The summed E-state index contributed by atoms with van der Waals surface area (Å²) >= 11 is 0. The van der Waals surface area contributed by atoms with Crippen LogP contribution < -0.4 is 0 Å². The van der Waals surface area contributed by atoms with Crippen molar-refractivity contribution in [3.8, 4) is 0 Å². The van der Waals surface area contributed by atoms with Crippen molar-refractivity contribution >= 4 is 20.9 Å². The van der Waals surface area contributed by atoms with Gasteiger partial charge in [-0.3, -0.25) is 0 Å². The second kappa shape index (κ2) is 7.45. The van der Waals surface area contributed by atoms with E-state index in [0.29, 0.717) is 13.1 Å². The first-order valence-electron chi connectivity index (χ1n) is 8.75. The average molecular weight is 365 g/mol. The number of aromatic nitrogens is 1. The third-order valence-corrected chi connectivity index (χ3v) is 6.67. The fraction of sp³-hybridized carbons (Fsp3) is 0.556. The number of fused-ring (bicyclic) bond motifs is 1. The van der Waals surface area contributed by atoms with E-state index >= 15 is 0 Å². The van der Waals surface area contributed by atoms with Gasteiger partial charge in [0.15, 0.2) is 0 Å². The molecular weight excluding hydrogens is 338 g/mol. The summed E-state index contributed by atoms with van der Waals surface area (Å²) in [6, 6.07) is 5.75. The second-order valence-corrected chi connectivity index (χ2v) is 9.00. The molecule has 6 nitrogen and oxygen atoms in total. The number of rotatable bonds is 7. The summed E-state index contributed by atoms with van der Waals surface area (Å²) in [6.07, 6.45) is 4.73. The van der Waals surface area contributed by atoms with E-state index < -0.39 is 10.0 Å². The lowest BCUT2D eigenvalue weighted by Gasteiger charge is -2.15. The molecule has 1 aliphatic rings. The molecule has 2 heterocycles. The summed E-state index contributed by atoms with van der Waals surface area (Å²) in [5, 5.41) is 10.6. The molecule has 138 valence electrons. The minimum atomic E-state index is -3.25. The van der Waals surface area contributed by atoms with Crippen molar-refractivity contribution in [3.63, 3.8) is 0 Å². The van der Waals surface area contributed by atoms with E-state index in [9.17, 15) is 13.5 Å². The number of hydrogen-bond donors (Lipinski definition) is 1. The summed E-state index contributed by atoms with van der Waals surface area (Å²) in [7, 11) is 0.804. The zero-order chi connectivity index (χ0) is 18.0. The topological polar surface area (TPSA) is 65.8 Å². The molecule has 0 unspecified atom stereocenters. The summed E-state index contributed by atoms with van der Waals surface area (Å²) in [5.41, 5.74) is 2.89. The number of likely N-dealkylation sites (N-methyl/N-ethyl adjacent to an activating group) is 1. The minimum Gasteiger partial charge on any atom is -0.376 e. The Balaban J connectivity index is 1.91. The number of aliphatic hydroxyl groups excluding tert-OH is 1. The Labute approximate surface area is 149 Å². The summed E-state index contributed by atoms with van der Waals surface area (Å²) in [5.74, 6) is 0.0420. The Morgan fingerprint density at radius 2 is 1.92 bits per heavy atom. The Kier molecular flexibility index (Phi) is 5.48. The quantitative estimate of drug-likeness (QED) is 0.810. The maximum Gasteiger partial charge on any atom is 0.218 e. The molecule has 0 spiro atoms. The molecule has 1 aliphatic heterocycles. The Hall–Kier alpha value is -1.41. The van der Waals surface area contributed by atoms with Crippen LogP contribution in [0.1, 0.15) is 24.0 Å². The lowest BCUT2D eigenvalue weighted by molar-refractivity contribution is 0.215. The van der Waals surface area contributed by atoms with Crippen LogP contribution in [0, 0.1) is 0 Å². The van der Waals surface area contributed by atoms with Crippen molar-refractivity contribution in [2.45, 2.75) is 31.7 Å². The van der Waals surface area contributed by atoms with Crippen LogP contribution in [0.15, 0.2) is 24.4 Å². The van der Waals surface area contributed by atoms with E-state index in [1.165, 1.54) is 0 Å².